The summed E-state index contributed by atoms with van der Waals surface area (Å²) >= 11 is 0. The molecule has 8 heteroatoms. The Kier molecular flexibility index (Phi) is 6.45. The highest BCUT2D eigenvalue weighted by molar-refractivity contribution is 7.93. The fraction of sp³-hybridized carbons (Fsp3) is 0.0769. The van der Waals surface area contributed by atoms with Gasteiger partial charge in [0.2, 0.25) is 0 Å². The van der Waals surface area contributed by atoms with Gasteiger partial charge in [-0.25, -0.2) is 16.8 Å². The molecule has 0 atom stereocenters. The van der Waals surface area contributed by atoms with E-state index in [1.54, 1.807) is 60.7 Å². The van der Waals surface area contributed by atoms with Gasteiger partial charge < -0.3 is 0 Å². The largest absolute Gasteiger partial charge is 0.280 e. The highest BCUT2D eigenvalue weighted by atomic mass is 32.2. The molecule has 0 saturated carbocycles. The average molecular weight is 493 g/mol. The molecule has 0 heterocycles. The lowest BCUT2D eigenvalue weighted by Crippen LogP contribution is -2.16. The third-order valence-electron chi connectivity index (χ3n) is 5.25. The molecular formula is C26H24N2O4S2. The second-order valence-corrected chi connectivity index (χ2v) is 11.2. The molecule has 0 aliphatic rings. The molecule has 0 spiro atoms. The molecule has 0 radical (unpaired) electrons. The predicted molar refractivity (Wildman–Crippen MR) is 136 cm³/mol. The van der Waals surface area contributed by atoms with Crippen LogP contribution in [0.4, 0.5) is 11.4 Å². The summed E-state index contributed by atoms with van der Waals surface area (Å²) in [6.45, 7) is 3.82. The molecule has 4 rings (SSSR count). The van der Waals surface area contributed by atoms with Crippen LogP contribution in [0, 0.1) is 13.8 Å². The second kappa shape index (κ2) is 9.32. The van der Waals surface area contributed by atoms with Gasteiger partial charge in [0.15, 0.2) is 0 Å². The van der Waals surface area contributed by atoms with Gasteiger partial charge in [-0.1, -0.05) is 71.8 Å². The molecule has 34 heavy (non-hydrogen) atoms. The molecule has 174 valence electrons. The first-order valence-corrected chi connectivity index (χ1v) is 13.5. The van der Waals surface area contributed by atoms with E-state index in [0.29, 0.717) is 11.4 Å². The molecule has 4 aromatic rings. The van der Waals surface area contributed by atoms with Crippen LogP contribution in [-0.2, 0) is 20.0 Å². The smallest absolute Gasteiger partial charge is 0.262 e. The number of anilines is 2. The molecular weight excluding hydrogens is 468 g/mol. The minimum atomic E-state index is -4.00. The Hall–Kier alpha value is -3.62. The summed E-state index contributed by atoms with van der Waals surface area (Å²) < 4.78 is 58.3. The van der Waals surface area contributed by atoms with E-state index in [-0.39, 0.29) is 20.9 Å². The standard InChI is InChI=1S/C26H24N2O4S2/c1-19-11-15-21(16-12-19)27-33(29,30)25-9-5-3-7-23(25)24-8-4-6-10-26(24)34(31,32)28-22-17-13-20(2)14-18-22/h3-18,27-28H,1-2H3. The van der Waals surface area contributed by atoms with Crippen LogP contribution in [0.3, 0.4) is 0 Å². The van der Waals surface area contributed by atoms with Crippen molar-refractivity contribution in [2.75, 3.05) is 9.44 Å². The van der Waals surface area contributed by atoms with Crippen LogP contribution in [0.5, 0.6) is 0 Å². The number of rotatable bonds is 7. The molecule has 0 bridgehead atoms. The van der Waals surface area contributed by atoms with Crippen molar-refractivity contribution in [3.63, 3.8) is 0 Å². The minimum absolute atomic E-state index is 0.0199. The van der Waals surface area contributed by atoms with E-state index in [4.69, 9.17) is 0 Å². The number of nitrogens with one attached hydrogen (secondary N) is 2. The molecule has 0 fully saturated rings. The predicted octanol–water partition coefficient (Wildman–Crippen LogP) is 5.57. The normalized spacial score (nSPS) is 11.7. The summed E-state index contributed by atoms with van der Waals surface area (Å²) in [6.07, 6.45) is 0. The van der Waals surface area contributed by atoms with Crippen LogP contribution < -0.4 is 9.44 Å². The zero-order chi connectivity index (χ0) is 24.3. The Morgan fingerprint density at radius 1 is 0.471 bits per heavy atom. The van der Waals surface area contributed by atoms with Gasteiger partial charge in [0.1, 0.15) is 0 Å². The maximum Gasteiger partial charge on any atom is 0.262 e. The molecule has 4 aromatic carbocycles. The van der Waals surface area contributed by atoms with Gasteiger partial charge in [-0.3, -0.25) is 9.44 Å². The lowest BCUT2D eigenvalue weighted by Gasteiger charge is -2.16. The monoisotopic (exact) mass is 492 g/mol. The van der Waals surface area contributed by atoms with E-state index in [2.05, 4.69) is 9.44 Å². The molecule has 0 aliphatic carbocycles. The van der Waals surface area contributed by atoms with Crippen molar-refractivity contribution in [2.45, 2.75) is 23.6 Å². The van der Waals surface area contributed by atoms with Crippen molar-refractivity contribution in [3.05, 3.63) is 108 Å². The minimum Gasteiger partial charge on any atom is -0.280 e. The summed E-state index contributed by atoms with van der Waals surface area (Å²) in [6, 6.07) is 26.6. The number of benzene rings is 4. The van der Waals surface area contributed by atoms with Gasteiger partial charge in [0.05, 0.1) is 9.79 Å². The molecule has 0 amide bonds. The molecule has 2 N–H and O–H groups in total. The van der Waals surface area contributed by atoms with E-state index in [9.17, 15) is 16.8 Å². The zero-order valence-corrected chi connectivity index (χ0v) is 20.3. The maximum absolute atomic E-state index is 13.3. The number of sulfonamides is 2. The highest BCUT2D eigenvalue weighted by Gasteiger charge is 2.25. The van der Waals surface area contributed by atoms with Crippen LogP contribution in [0.25, 0.3) is 11.1 Å². The number of hydrogen-bond donors (Lipinski definition) is 2. The van der Waals surface area contributed by atoms with Crippen LogP contribution >= 0.6 is 0 Å². The number of hydrogen-bond acceptors (Lipinski definition) is 4. The topological polar surface area (TPSA) is 92.3 Å². The van der Waals surface area contributed by atoms with E-state index in [1.165, 1.54) is 12.1 Å². The number of aryl methyl sites for hydroxylation is 2. The lowest BCUT2D eigenvalue weighted by atomic mass is 10.1. The quantitative estimate of drug-likeness (QED) is 0.353. The molecule has 0 aliphatic heterocycles. The molecule has 0 aromatic heterocycles. The van der Waals surface area contributed by atoms with Crippen LogP contribution in [0.15, 0.2) is 107 Å². The van der Waals surface area contributed by atoms with Crippen molar-refractivity contribution in [1.29, 1.82) is 0 Å². The van der Waals surface area contributed by atoms with Crippen molar-refractivity contribution in [2.24, 2.45) is 0 Å². The Labute approximate surface area is 200 Å². The van der Waals surface area contributed by atoms with Crippen LogP contribution in [0.1, 0.15) is 11.1 Å². The third-order valence-corrected chi connectivity index (χ3v) is 8.13. The second-order valence-electron chi connectivity index (χ2n) is 7.94. The summed E-state index contributed by atoms with van der Waals surface area (Å²) in [5.74, 6) is 0. The van der Waals surface area contributed by atoms with Gasteiger partial charge in [-0.05, 0) is 50.2 Å². The fourth-order valence-corrected chi connectivity index (χ4v) is 6.07. The Balaban J connectivity index is 1.77. The van der Waals surface area contributed by atoms with Gasteiger partial charge in [0, 0.05) is 22.5 Å². The summed E-state index contributed by atoms with van der Waals surface area (Å²) in [5, 5.41) is 0. The maximum atomic E-state index is 13.3. The fourth-order valence-electron chi connectivity index (χ4n) is 3.51. The van der Waals surface area contributed by atoms with Crippen molar-refractivity contribution in [3.8, 4) is 11.1 Å². The van der Waals surface area contributed by atoms with Gasteiger partial charge in [-0.15, -0.1) is 0 Å². The van der Waals surface area contributed by atoms with E-state index >= 15 is 0 Å². The van der Waals surface area contributed by atoms with Crippen molar-refractivity contribution >= 4 is 31.4 Å². The first kappa shape index (κ1) is 23.5. The van der Waals surface area contributed by atoms with Crippen molar-refractivity contribution in [1.82, 2.24) is 0 Å². The van der Waals surface area contributed by atoms with E-state index < -0.39 is 20.0 Å². The van der Waals surface area contributed by atoms with Gasteiger partial charge >= 0.3 is 0 Å². The Morgan fingerprint density at radius 3 is 1.15 bits per heavy atom. The molecule has 0 unspecified atom stereocenters. The Bertz CT molecular complexity index is 1410. The first-order chi connectivity index (χ1) is 16.2. The highest BCUT2D eigenvalue weighted by Crippen LogP contribution is 2.34. The SMILES string of the molecule is Cc1ccc(NS(=O)(=O)c2ccccc2-c2ccccc2S(=O)(=O)Nc2ccc(C)cc2)cc1. The van der Waals surface area contributed by atoms with E-state index in [0.717, 1.165) is 11.1 Å². The average Bonchev–Trinajstić information content (AvgIpc) is 2.82. The Morgan fingerprint density at radius 2 is 0.794 bits per heavy atom. The van der Waals surface area contributed by atoms with Crippen LogP contribution in [-0.4, -0.2) is 16.8 Å². The van der Waals surface area contributed by atoms with E-state index in [1.807, 2.05) is 38.1 Å². The summed E-state index contributed by atoms with van der Waals surface area (Å²) in [5.41, 5.74) is 3.41. The lowest BCUT2D eigenvalue weighted by molar-refractivity contribution is 0.598. The van der Waals surface area contributed by atoms with Gasteiger partial charge in [0.25, 0.3) is 20.0 Å². The zero-order valence-electron chi connectivity index (χ0n) is 18.7. The third kappa shape index (κ3) is 5.13. The summed E-state index contributed by atoms with van der Waals surface area (Å²) in [4.78, 5) is -0.0397. The molecule has 6 nitrogen and oxygen atoms in total. The molecule has 0 saturated heterocycles. The van der Waals surface area contributed by atoms with Crippen LogP contribution in [0.2, 0.25) is 0 Å². The first-order valence-electron chi connectivity index (χ1n) is 10.5. The summed E-state index contributed by atoms with van der Waals surface area (Å²) in [7, 11) is -7.99. The van der Waals surface area contributed by atoms with Gasteiger partial charge in [-0.2, -0.15) is 0 Å². The van der Waals surface area contributed by atoms with Crippen molar-refractivity contribution < 1.29 is 16.8 Å².